The quantitative estimate of drug-likeness (QED) is 0.673. The Morgan fingerprint density at radius 3 is 3.11 bits per heavy atom. The molecule has 3 heterocycles. The first-order valence-corrected chi connectivity index (χ1v) is 5.65. The summed E-state index contributed by atoms with van der Waals surface area (Å²) in [6.07, 6.45) is 3.15. The molecule has 1 aliphatic heterocycles. The number of nitrogens with two attached hydrogens (primary N) is 1. The number of hydrogen-bond donors (Lipinski definition) is 3. The van der Waals surface area contributed by atoms with Crippen LogP contribution in [-0.4, -0.2) is 43.6 Å². The van der Waals surface area contributed by atoms with Crippen LogP contribution in [0, 0.1) is 0 Å². The van der Waals surface area contributed by atoms with E-state index in [0.29, 0.717) is 17.9 Å². The molecule has 4 N–H and O–H groups in total. The van der Waals surface area contributed by atoms with Gasteiger partial charge in [0.05, 0.1) is 18.6 Å². The highest BCUT2D eigenvalue weighted by atomic mass is 16.5. The van der Waals surface area contributed by atoms with E-state index >= 15 is 0 Å². The van der Waals surface area contributed by atoms with E-state index in [-0.39, 0.29) is 19.4 Å². The van der Waals surface area contributed by atoms with Gasteiger partial charge in [0.2, 0.25) is 0 Å². The van der Waals surface area contributed by atoms with Crippen molar-refractivity contribution in [2.24, 2.45) is 0 Å². The number of hydrogen-bond acceptors (Lipinski definition) is 6. The maximum absolute atomic E-state index is 9.95. The largest absolute Gasteiger partial charge is 0.393 e. The minimum Gasteiger partial charge on any atom is -0.393 e. The number of rotatable bonds is 2. The van der Waals surface area contributed by atoms with Gasteiger partial charge >= 0.3 is 0 Å². The smallest absolute Gasteiger partial charge is 0.147 e. The first-order chi connectivity index (χ1) is 8.63. The lowest BCUT2D eigenvalue weighted by Gasteiger charge is -2.17. The van der Waals surface area contributed by atoms with E-state index in [1.54, 1.807) is 10.8 Å². The van der Waals surface area contributed by atoms with Crippen molar-refractivity contribution >= 4 is 16.9 Å². The van der Waals surface area contributed by atoms with Crippen LogP contribution in [0.1, 0.15) is 12.6 Å². The number of fused-ring (bicyclic) bond motifs is 1. The summed E-state index contributed by atoms with van der Waals surface area (Å²) in [5.74, 6) is 0.411. The second-order valence-electron chi connectivity index (χ2n) is 4.57. The number of aliphatic hydroxyl groups is 2. The number of aromatic nitrogens is 3. The molecule has 0 bridgehead atoms. The molecule has 0 amide bonds. The van der Waals surface area contributed by atoms with Gasteiger partial charge in [-0.05, 0) is 6.07 Å². The van der Waals surface area contributed by atoms with Gasteiger partial charge in [-0.15, -0.1) is 0 Å². The molecule has 2 unspecified atom stereocenters. The molecular formula is C11H14N4O3. The van der Waals surface area contributed by atoms with E-state index in [0.717, 1.165) is 5.39 Å². The zero-order valence-electron chi connectivity index (χ0n) is 9.65. The van der Waals surface area contributed by atoms with Gasteiger partial charge < -0.3 is 25.3 Å². The minimum atomic E-state index is -1.18. The number of aliphatic hydroxyl groups excluding tert-OH is 1. The number of nitrogens with zero attached hydrogens (tertiary/aromatic N) is 3. The Morgan fingerprint density at radius 1 is 1.56 bits per heavy atom. The lowest BCUT2D eigenvalue weighted by molar-refractivity contribution is -0.0235. The van der Waals surface area contributed by atoms with Gasteiger partial charge in [-0.2, -0.15) is 0 Å². The molecule has 7 heteroatoms. The highest BCUT2D eigenvalue weighted by Crippen LogP contribution is 2.33. The van der Waals surface area contributed by atoms with Crippen molar-refractivity contribution in [1.29, 1.82) is 0 Å². The van der Waals surface area contributed by atoms with E-state index in [9.17, 15) is 5.11 Å². The van der Waals surface area contributed by atoms with Crippen LogP contribution in [0.5, 0.6) is 0 Å². The number of anilines is 1. The lowest BCUT2D eigenvalue weighted by atomic mass is 10.0. The van der Waals surface area contributed by atoms with Crippen LogP contribution in [-0.2, 0) is 4.74 Å². The Bertz CT molecular complexity index is 585. The van der Waals surface area contributed by atoms with Crippen LogP contribution in [0.15, 0.2) is 18.6 Å². The molecule has 2 atom stereocenters. The Morgan fingerprint density at radius 2 is 2.39 bits per heavy atom. The third-order valence-electron chi connectivity index (χ3n) is 3.24. The van der Waals surface area contributed by atoms with Crippen molar-refractivity contribution in [1.82, 2.24) is 14.5 Å². The average molecular weight is 250 g/mol. The molecule has 96 valence electrons. The molecule has 7 nitrogen and oxygen atoms in total. The topological polar surface area (TPSA) is 106 Å². The van der Waals surface area contributed by atoms with Crippen LogP contribution >= 0.6 is 0 Å². The first kappa shape index (κ1) is 11.4. The van der Waals surface area contributed by atoms with Crippen molar-refractivity contribution < 1.29 is 14.9 Å². The molecule has 0 aliphatic carbocycles. The van der Waals surface area contributed by atoms with E-state index in [1.165, 1.54) is 6.33 Å². The molecule has 2 aromatic rings. The van der Waals surface area contributed by atoms with Crippen molar-refractivity contribution in [2.75, 3.05) is 18.9 Å². The fourth-order valence-electron chi connectivity index (χ4n) is 2.21. The monoisotopic (exact) mass is 250 g/mol. The standard InChI is InChI=1S/C11H14N4O3/c12-9-7-1-2-15(10(7)14-6-13-9)8-3-11(17,4-16)5-18-8/h1-2,6,8,16-17H,3-5H2,(H2,12,13,14). The fraction of sp³-hybridized carbons (Fsp3) is 0.455. The summed E-state index contributed by atoms with van der Waals surface area (Å²) in [4.78, 5) is 8.08. The molecule has 1 aliphatic rings. The lowest BCUT2D eigenvalue weighted by Crippen LogP contribution is -2.33. The Kier molecular flexibility index (Phi) is 2.47. The van der Waals surface area contributed by atoms with Crippen LogP contribution < -0.4 is 5.73 Å². The second kappa shape index (κ2) is 3.91. The van der Waals surface area contributed by atoms with Gasteiger partial charge in [0.25, 0.3) is 0 Å². The van der Waals surface area contributed by atoms with Crippen LogP contribution in [0.4, 0.5) is 5.82 Å². The summed E-state index contributed by atoms with van der Waals surface area (Å²) in [7, 11) is 0. The van der Waals surface area contributed by atoms with Crippen molar-refractivity contribution in [3.63, 3.8) is 0 Å². The van der Waals surface area contributed by atoms with Gasteiger partial charge in [0, 0.05) is 12.6 Å². The SMILES string of the molecule is Nc1ncnc2c1ccn2C1CC(O)(CO)CO1. The van der Waals surface area contributed by atoms with Gasteiger partial charge in [0.15, 0.2) is 0 Å². The summed E-state index contributed by atoms with van der Waals surface area (Å²) in [5.41, 5.74) is 5.23. The van der Waals surface area contributed by atoms with Gasteiger partial charge in [-0.3, -0.25) is 0 Å². The summed E-state index contributed by atoms with van der Waals surface area (Å²) in [6, 6.07) is 1.81. The highest BCUT2D eigenvalue weighted by Gasteiger charge is 2.39. The van der Waals surface area contributed by atoms with Gasteiger partial charge in [-0.25, -0.2) is 9.97 Å². The second-order valence-corrected chi connectivity index (χ2v) is 4.57. The minimum absolute atomic E-state index is 0.106. The maximum atomic E-state index is 9.95. The molecule has 0 spiro atoms. The van der Waals surface area contributed by atoms with Crippen molar-refractivity contribution in [3.8, 4) is 0 Å². The van der Waals surface area contributed by atoms with Crippen LogP contribution in [0.25, 0.3) is 11.0 Å². The summed E-state index contributed by atoms with van der Waals surface area (Å²) < 4.78 is 7.30. The van der Waals surface area contributed by atoms with Crippen molar-refractivity contribution in [2.45, 2.75) is 18.2 Å². The molecule has 1 fully saturated rings. The summed E-state index contributed by atoms with van der Waals surface area (Å²) >= 11 is 0. The Hall–Kier alpha value is -1.70. The van der Waals surface area contributed by atoms with E-state index in [2.05, 4.69) is 9.97 Å². The summed E-state index contributed by atoms with van der Waals surface area (Å²) in [5, 5.41) is 19.8. The molecule has 0 aromatic carbocycles. The molecule has 18 heavy (non-hydrogen) atoms. The maximum Gasteiger partial charge on any atom is 0.147 e. The zero-order chi connectivity index (χ0) is 12.8. The van der Waals surface area contributed by atoms with Crippen LogP contribution in [0.2, 0.25) is 0 Å². The normalized spacial score (nSPS) is 28.0. The Labute approximate surface area is 103 Å². The predicted molar refractivity (Wildman–Crippen MR) is 63.6 cm³/mol. The van der Waals surface area contributed by atoms with Gasteiger partial charge in [-0.1, -0.05) is 0 Å². The van der Waals surface area contributed by atoms with E-state index in [1.807, 2.05) is 6.07 Å². The third-order valence-corrected chi connectivity index (χ3v) is 3.24. The van der Waals surface area contributed by atoms with Crippen molar-refractivity contribution in [3.05, 3.63) is 18.6 Å². The van der Waals surface area contributed by atoms with E-state index < -0.39 is 5.60 Å². The zero-order valence-corrected chi connectivity index (χ0v) is 9.65. The third kappa shape index (κ3) is 1.64. The summed E-state index contributed by atoms with van der Waals surface area (Å²) in [6.45, 7) is -0.214. The predicted octanol–water partition coefficient (Wildman–Crippen LogP) is -0.344. The molecule has 1 saturated heterocycles. The highest BCUT2D eigenvalue weighted by molar-refractivity contribution is 5.86. The molecule has 0 radical (unpaired) electrons. The van der Waals surface area contributed by atoms with E-state index in [4.69, 9.17) is 15.6 Å². The first-order valence-electron chi connectivity index (χ1n) is 5.65. The molecule has 0 saturated carbocycles. The molecule has 3 rings (SSSR count). The average Bonchev–Trinajstić information content (AvgIpc) is 2.94. The molecule has 2 aromatic heterocycles. The number of nitrogen functional groups attached to an aromatic ring is 1. The van der Waals surface area contributed by atoms with Crippen LogP contribution in [0.3, 0.4) is 0 Å². The Balaban J connectivity index is 1.99. The molecular weight excluding hydrogens is 236 g/mol. The fourth-order valence-corrected chi connectivity index (χ4v) is 2.21. The number of ether oxygens (including phenoxy) is 1. The van der Waals surface area contributed by atoms with Gasteiger partial charge in [0.1, 0.15) is 29.6 Å².